The van der Waals surface area contributed by atoms with Gasteiger partial charge in [0.1, 0.15) is 0 Å². The van der Waals surface area contributed by atoms with Gasteiger partial charge in [0, 0.05) is 35.1 Å². The Kier molecular flexibility index (Phi) is 6.74. The Labute approximate surface area is 210 Å². The summed E-state index contributed by atoms with van der Waals surface area (Å²) < 4.78 is 23.2. The maximum absolute atomic E-state index is 13.4. The van der Waals surface area contributed by atoms with Crippen LogP contribution in [-0.2, 0) is 20.4 Å². The van der Waals surface area contributed by atoms with Crippen LogP contribution in [0.2, 0.25) is 5.02 Å². The number of aliphatic hydroxyl groups is 1. The van der Waals surface area contributed by atoms with Crippen molar-refractivity contribution in [3.63, 3.8) is 0 Å². The van der Waals surface area contributed by atoms with Crippen molar-refractivity contribution in [2.24, 2.45) is 16.5 Å². The lowest BCUT2D eigenvalue weighted by atomic mass is 9.66. The summed E-state index contributed by atoms with van der Waals surface area (Å²) in [6, 6.07) is 12.3. The number of nitrogens with one attached hydrogen (secondary N) is 1. The van der Waals surface area contributed by atoms with Crippen LogP contribution in [0.1, 0.15) is 49.0 Å². The molecule has 0 spiro atoms. The van der Waals surface area contributed by atoms with E-state index in [4.69, 9.17) is 16.7 Å². The van der Waals surface area contributed by atoms with Gasteiger partial charge in [-0.15, -0.1) is 0 Å². The SMILES string of the molecule is CC1(C)CN(C(=O)C2CCC2NC(=O)c2cccc(S(N)(=O)=O)c2)CC[C@]1(O)c1ccc(Cl)cc1. The quantitative estimate of drug-likeness (QED) is 0.559. The molecule has 2 amide bonds. The number of benzene rings is 2. The molecule has 0 bridgehead atoms. The van der Waals surface area contributed by atoms with Crippen LogP contribution in [0.25, 0.3) is 0 Å². The van der Waals surface area contributed by atoms with E-state index in [2.05, 4.69) is 5.32 Å². The molecule has 35 heavy (non-hydrogen) atoms. The first-order chi connectivity index (χ1) is 16.3. The highest BCUT2D eigenvalue weighted by atomic mass is 35.5. The van der Waals surface area contributed by atoms with Gasteiger partial charge in [-0.25, -0.2) is 13.6 Å². The van der Waals surface area contributed by atoms with Crippen molar-refractivity contribution in [2.75, 3.05) is 13.1 Å². The van der Waals surface area contributed by atoms with Crippen molar-refractivity contribution >= 4 is 33.4 Å². The molecule has 2 fully saturated rings. The summed E-state index contributed by atoms with van der Waals surface area (Å²) in [6.07, 6.45) is 1.69. The van der Waals surface area contributed by atoms with Gasteiger partial charge >= 0.3 is 0 Å². The number of hydrogen-bond donors (Lipinski definition) is 3. The summed E-state index contributed by atoms with van der Waals surface area (Å²) in [4.78, 5) is 27.7. The first-order valence-electron chi connectivity index (χ1n) is 11.5. The summed E-state index contributed by atoms with van der Waals surface area (Å²) in [7, 11) is -3.93. The molecular formula is C25H30ClN3O5S. The fourth-order valence-electron chi connectivity index (χ4n) is 5.04. The normalized spacial score (nSPS) is 26.0. The van der Waals surface area contributed by atoms with Gasteiger partial charge in [0.05, 0.1) is 16.4 Å². The molecule has 1 heterocycles. The van der Waals surface area contributed by atoms with Gasteiger partial charge in [-0.1, -0.05) is 43.6 Å². The van der Waals surface area contributed by atoms with Crippen LogP contribution in [0.5, 0.6) is 0 Å². The van der Waals surface area contributed by atoms with E-state index in [-0.39, 0.29) is 28.3 Å². The summed E-state index contributed by atoms with van der Waals surface area (Å²) in [5.74, 6) is -0.863. The molecule has 188 valence electrons. The van der Waals surface area contributed by atoms with Crippen molar-refractivity contribution in [3.8, 4) is 0 Å². The number of amides is 2. The van der Waals surface area contributed by atoms with E-state index in [9.17, 15) is 23.1 Å². The number of carbonyl (C=O) groups is 2. The first-order valence-corrected chi connectivity index (χ1v) is 13.5. The van der Waals surface area contributed by atoms with E-state index in [0.29, 0.717) is 37.4 Å². The molecule has 3 atom stereocenters. The zero-order valence-corrected chi connectivity index (χ0v) is 21.3. The molecule has 2 aromatic carbocycles. The molecule has 1 saturated heterocycles. The standard InChI is InChI=1S/C25H30ClN3O5S/c1-24(2)15-29(13-12-25(24,32)17-6-8-18(26)9-7-17)23(31)20-10-11-21(20)28-22(30)16-4-3-5-19(14-16)35(27,33)34/h3-9,14,20-21,32H,10-13,15H2,1-2H3,(H,28,30)(H2,27,33,34)/t20?,21?,25-/m0/s1. The Hall–Kier alpha value is -2.46. The number of hydrogen-bond acceptors (Lipinski definition) is 5. The van der Waals surface area contributed by atoms with Gasteiger partial charge in [0.2, 0.25) is 15.9 Å². The van der Waals surface area contributed by atoms with Crippen LogP contribution < -0.4 is 10.5 Å². The average Bonchev–Trinajstić information content (AvgIpc) is 2.78. The van der Waals surface area contributed by atoms with Gasteiger partial charge < -0.3 is 15.3 Å². The molecule has 2 aromatic rings. The Morgan fingerprint density at radius 2 is 1.83 bits per heavy atom. The molecule has 1 aliphatic heterocycles. The second kappa shape index (κ2) is 9.20. The molecule has 0 aromatic heterocycles. The lowest BCUT2D eigenvalue weighted by molar-refractivity contribution is -0.159. The van der Waals surface area contributed by atoms with E-state index in [1.54, 1.807) is 17.0 Å². The van der Waals surface area contributed by atoms with E-state index >= 15 is 0 Å². The molecule has 2 aliphatic rings. The maximum Gasteiger partial charge on any atom is 0.251 e. The van der Waals surface area contributed by atoms with Crippen molar-refractivity contribution in [2.45, 2.75) is 49.6 Å². The van der Waals surface area contributed by atoms with Crippen molar-refractivity contribution in [1.82, 2.24) is 10.2 Å². The van der Waals surface area contributed by atoms with Crippen LogP contribution >= 0.6 is 11.6 Å². The molecular weight excluding hydrogens is 490 g/mol. The van der Waals surface area contributed by atoms with Gasteiger partial charge in [-0.2, -0.15) is 0 Å². The van der Waals surface area contributed by atoms with Crippen molar-refractivity contribution in [1.29, 1.82) is 0 Å². The van der Waals surface area contributed by atoms with Gasteiger partial charge in [0.25, 0.3) is 5.91 Å². The first kappa shape index (κ1) is 25.6. The number of nitrogens with zero attached hydrogens (tertiary/aromatic N) is 1. The average molecular weight is 520 g/mol. The summed E-state index contributed by atoms with van der Waals surface area (Å²) in [5, 5.41) is 20.2. The lowest BCUT2D eigenvalue weighted by Crippen LogP contribution is -2.60. The topological polar surface area (TPSA) is 130 Å². The lowest BCUT2D eigenvalue weighted by Gasteiger charge is -2.52. The Bertz CT molecular complexity index is 1250. The van der Waals surface area contributed by atoms with Crippen LogP contribution in [0.4, 0.5) is 0 Å². The summed E-state index contributed by atoms with van der Waals surface area (Å²) >= 11 is 6.01. The van der Waals surface area contributed by atoms with Crippen LogP contribution in [-0.4, -0.2) is 49.4 Å². The minimum Gasteiger partial charge on any atom is -0.384 e. The van der Waals surface area contributed by atoms with E-state index in [1.165, 1.54) is 24.3 Å². The smallest absolute Gasteiger partial charge is 0.251 e. The van der Waals surface area contributed by atoms with E-state index < -0.39 is 26.9 Å². The maximum atomic E-state index is 13.4. The predicted octanol–water partition coefficient (Wildman–Crippen LogP) is 2.64. The highest BCUT2D eigenvalue weighted by Gasteiger charge is 2.51. The van der Waals surface area contributed by atoms with Gasteiger partial charge in [0.15, 0.2) is 0 Å². The number of nitrogens with two attached hydrogens (primary N) is 1. The largest absolute Gasteiger partial charge is 0.384 e. The third-order valence-electron chi connectivity index (χ3n) is 7.42. The van der Waals surface area contributed by atoms with Crippen LogP contribution in [0.3, 0.4) is 0 Å². The van der Waals surface area contributed by atoms with Gasteiger partial charge in [-0.05, 0) is 55.2 Å². The Morgan fingerprint density at radius 3 is 2.40 bits per heavy atom. The third-order valence-corrected chi connectivity index (χ3v) is 8.58. The fraction of sp³-hybridized carbons (Fsp3) is 0.440. The van der Waals surface area contributed by atoms with Crippen LogP contribution in [0, 0.1) is 11.3 Å². The number of halogens is 1. The Morgan fingerprint density at radius 1 is 1.14 bits per heavy atom. The number of piperidine rings is 1. The second-order valence-electron chi connectivity index (χ2n) is 10.1. The van der Waals surface area contributed by atoms with E-state index in [1.807, 2.05) is 26.0 Å². The minimum absolute atomic E-state index is 0.0499. The van der Waals surface area contributed by atoms with Crippen LogP contribution in [0.15, 0.2) is 53.4 Å². The monoisotopic (exact) mass is 519 g/mol. The highest BCUT2D eigenvalue weighted by molar-refractivity contribution is 7.89. The highest BCUT2D eigenvalue weighted by Crippen LogP contribution is 2.47. The molecule has 1 aliphatic carbocycles. The number of primary sulfonamides is 1. The number of carbonyl (C=O) groups excluding carboxylic acids is 2. The number of sulfonamides is 1. The van der Waals surface area contributed by atoms with Crippen molar-refractivity contribution in [3.05, 3.63) is 64.7 Å². The number of rotatable bonds is 5. The van der Waals surface area contributed by atoms with E-state index in [0.717, 1.165) is 5.56 Å². The summed E-state index contributed by atoms with van der Waals surface area (Å²) in [5.41, 5.74) is -0.766. The van der Waals surface area contributed by atoms with Gasteiger partial charge in [-0.3, -0.25) is 9.59 Å². The molecule has 1 saturated carbocycles. The Balaban J connectivity index is 1.42. The fourth-order valence-corrected chi connectivity index (χ4v) is 5.73. The zero-order chi connectivity index (χ0) is 25.6. The second-order valence-corrected chi connectivity index (χ2v) is 12.1. The molecule has 2 unspecified atom stereocenters. The zero-order valence-electron chi connectivity index (χ0n) is 19.7. The molecule has 0 radical (unpaired) electrons. The number of likely N-dealkylation sites (tertiary alicyclic amines) is 1. The molecule has 10 heteroatoms. The summed E-state index contributed by atoms with van der Waals surface area (Å²) in [6.45, 7) is 4.66. The third kappa shape index (κ3) is 4.95. The molecule has 4 N–H and O–H groups in total. The van der Waals surface area contributed by atoms with Crippen molar-refractivity contribution < 1.29 is 23.1 Å². The predicted molar refractivity (Wildman–Crippen MR) is 132 cm³/mol. The molecule has 4 rings (SSSR count). The molecule has 8 nitrogen and oxygen atoms in total. The minimum atomic E-state index is -3.93.